The van der Waals surface area contributed by atoms with Crippen LogP contribution in [-0.2, 0) is 20.9 Å². The van der Waals surface area contributed by atoms with Crippen molar-refractivity contribution in [3.05, 3.63) is 93.6 Å². The number of amides is 1. The van der Waals surface area contributed by atoms with Crippen molar-refractivity contribution in [2.45, 2.75) is 125 Å². The van der Waals surface area contributed by atoms with Crippen LogP contribution in [0.4, 0.5) is 5.69 Å². The number of carbonyl (C=O) groups is 2. The average molecular weight is 721 g/mol. The number of non-ortho nitro benzene ring substituents is 1. The van der Waals surface area contributed by atoms with Crippen molar-refractivity contribution >= 4 is 23.6 Å². The van der Waals surface area contributed by atoms with Gasteiger partial charge in [0.25, 0.3) is 5.69 Å². The lowest BCUT2D eigenvalue weighted by atomic mass is 9.33. The maximum absolute atomic E-state index is 14.3. The molecule has 2 aromatic carbocycles. The fraction of sp³-hybridized carbons (Fsp3) is 0.609. The summed E-state index contributed by atoms with van der Waals surface area (Å²) in [5.41, 5.74) is 3.28. The number of fused-ring (bicyclic) bond motifs is 7. The summed E-state index contributed by atoms with van der Waals surface area (Å²) >= 11 is 0. The summed E-state index contributed by atoms with van der Waals surface area (Å²) in [4.78, 5) is 38.2. The number of rotatable bonds is 7. The number of nitrogens with zero attached hydrogens (tertiary/aromatic N) is 1. The topological polar surface area (TPSA) is 98.5 Å². The average Bonchev–Trinajstić information content (AvgIpc) is 3.11. The molecular formula is C46H60N2O5. The van der Waals surface area contributed by atoms with Crippen molar-refractivity contribution in [2.75, 3.05) is 0 Å². The van der Waals surface area contributed by atoms with Gasteiger partial charge in [0.05, 0.1) is 10.3 Å². The van der Waals surface area contributed by atoms with E-state index in [1.165, 1.54) is 12.1 Å². The van der Waals surface area contributed by atoms with Crippen LogP contribution in [0.2, 0.25) is 0 Å². The minimum atomic E-state index is -0.453. The van der Waals surface area contributed by atoms with E-state index in [1.54, 1.807) is 29.9 Å². The minimum Gasteiger partial charge on any atom is -0.460 e. The predicted octanol–water partition coefficient (Wildman–Crippen LogP) is 10.6. The molecule has 7 heteroatoms. The van der Waals surface area contributed by atoms with E-state index in [1.807, 2.05) is 30.3 Å². The normalized spacial score (nSPS) is 36.8. The van der Waals surface area contributed by atoms with Gasteiger partial charge < -0.3 is 10.1 Å². The highest BCUT2D eigenvalue weighted by atomic mass is 16.6. The molecule has 5 aliphatic carbocycles. The lowest BCUT2D eigenvalue weighted by molar-refractivity contribution is -0.384. The molecule has 0 spiro atoms. The molecule has 7 rings (SSSR count). The van der Waals surface area contributed by atoms with Crippen molar-refractivity contribution in [3.63, 3.8) is 0 Å². The quantitative estimate of drug-likeness (QED) is 0.101. The molecule has 2 aromatic rings. The van der Waals surface area contributed by atoms with Gasteiger partial charge in [0.2, 0.25) is 5.91 Å². The number of esters is 1. The zero-order valence-electron chi connectivity index (χ0n) is 33.0. The Morgan fingerprint density at radius 1 is 0.868 bits per heavy atom. The first-order valence-electron chi connectivity index (χ1n) is 20.1. The predicted molar refractivity (Wildman–Crippen MR) is 209 cm³/mol. The molecule has 0 bridgehead atoms. The standard InChI is InChI=1S/C46H60N2O5/c1-41(2)25-27-46(40(50)53-30-32-11-9-8-10-12-32)28-26-44(6)34(35(46)29-41)18-19-37-43(5)23-22-38(42(3,4)36(43)21-24-45(37,44)7)47-39(49)20-15-31-13-16-33(17-14-31)48(51)52/h8-18,20,35-38H,19,21-30H2,1-7H3,(H,47,49)/b20-15+/t35?,36?,37?,38-,43-,44+,45+,46-/m0/s1. The first-order chi connectivity index (χ1) is 25.0. The number of nitro groups is 1. The Bertz CT molecular complexity index is 1810. The number of hydrogen-bond acceptors (Lipinski definition) is 5. The molecular weight excluding hydrogens is 661 g/mol. The van der Waals surface area contributed by atoms with Crippen molar-refractivity contribution in [3.8, 4) is 0 Å². The third-order valence-electron chi connectivity index (χ3n) is 16.1. The Kier molecular flexibility index (Phi) is 9.38. The molecule has 3 unspecified atom stereocenters. The van der Waals surface area contributed by atoms with Crippen LogP contribution < -0.4 is 5.32 Å². The number of carbonyl (C=O) groups excluding carboxylic acids is 2. The highest BCUT2D eigenvalue weighted by Crippen LogP contribution is 2.75. The summed E-state index contributed by atoms with van der Waals surface area (Å²) in [5.74, 6) is 1.09. The molecule has 7 nitrogen and oxygen atoms in total. The summed E-state index contributed by atoms with van der Waals surface area (Å²) in [6.07, 6.45) is 16.1. The number of ether oxygens (including phenoxy) is 1. The Hall–Kier alpha value is -3.74. The van der Waals surface area contributed by atoms with E-state index in [2.05, 4.69) is 59.9 Å². The summed E-state index contributed by atoms with van der Waals surface area (Å²) in [6, 6.07) is 16.4. The van der Waals surface area contributed by atoms with E-state index in [0.717, 1.165) is 75.3 Å². The van der Waals surface area contributed by atoms with Gasteiger partial charge in [-0.25, -0.2) is 0 Å². The van der Waals surface area contributed by atoms with Crippen LogP contribution in [0.3, 0.4) is 0 Å². The van der Waals surface area contributed by atoms with Crippen molar-refractivity contribution in [1.29, 1.82) is 0 Å². The van der Waals surface area contributed by atoms with Gasteiger partial charge in [0, 0.05) is 24.3 Å². The van der Waals surface area contributed by atoms with Gasteiger partial charge in [-0.05, 0) is 138 Å². The van der Waals surface area contributed by atoms with E-state index in [-0.39, 0.29) is 56.6 Å². The Morgan fingerprint density at radius 2 is 1.57 bits per heavy atom. The van der Waals surface area contributed by atoms with Crippen LogP contribution in [0.5, 0.6) is 0 Å². The molecule has 53 heavy (non-hydrogen) atoms. The number of nitrogens with one attached hydrogen (secondary N) is 1. The fourth-order valence-electron chi connectivity index (χ4n) is 12.8. The Balaban J connectivity index is 1.12. The zero-order valence-corrected chi connectivity index (χ0v) is 33.0. The number of nitro benzene ring substituents is 1. The zero-order chi connectivity index (χ0) is 38.0. The van der Waals surface area contributed by atoms with Crippen molar-refractivity contribution in [2.24, 2.45) is 50.2 Å². The van der Waals surface area contributed by atoms with E-state index < -0.39 is 10.3 Å². The van der Waals surface area contributed by atoms with Crippen LogP contribution in [0.15, 0.2) is 72.3 Å². The van der Waals surface area contributed by atoms with Crippen LogP contribution in [-0.4, -0.2) is 22.8 Å². The molecule has 5 aliphatic rings. The Morgan fingerprint density at radius 3 is 2.26 bits per heavy atom. The van der Waals surface area contributed by atoms with Crippen LogP contribution >= 0.6 is 0 Å². The van der Waals surface area contributed by atoms with Crippen molar-refractivity contribution in [1.82, 2.24) is 5.32 Å². The summed E-state index contributed by atoms with van der Waals surface area (Å²) < 4.78 is 6.21. The SMILES string of the molecule is CC1(C)CC[C@]2(C(=O)OCc3ccccc3)CC[C@]3(C)C(=CCC4[C@@]5(C)CC[C@H](NC(=O)/C=C/c6ccc([N+](=O)[O-])cc6)C(C)(C)C5CC[C@]43C)C2C1. The molecule has 0 radical (unpaired) electrons. The first kappa shape index (κ1) is 37.6. The Labute approximate surface area is 316 Å². The molecule has 1 N–H and O–H groups in total. The third-order valence-corrected chi connectivity index (χ3v) is 16.1. The van der Waals surface area contributed by atoms with Gasteiger partial charge in [-0.15, -0.1) is 0 Å². The van der Waals surface area contributed by atoms with Crippen molar-refractivity contribution < 1.29 is 19.2 Å². The van der Waals surface area contributed by atoms with Gasteiger partial charge in [0.15, 0.2) is 0 Å². The highest BCUT2D eigenvalue weighted by molar-refractivity contribution is 5.92. The second-order valence-electron chi connectivity index (χ2n) is 19.5. The summed E-state index contributed by atoms with van der Waals surface area (Å²) in [5, 5.41) is 14.4. The van der Waals surface area contributed by atoms with E-state index >= 15 is 0 Å². The second kappa shape index (κ2) is 13.2. The molecule has 0 heterocycles. The maximum Gasteiger partial charge on any atom is 0.313 e. The molecule has 4 fully saturated rings. The molecule has 1 amide bonds. The van der Waals surface area contributed by atoms with E-state index in [9.17, 15) is 19.7 Å². The molecule has 0 aromatic heterocycles. The lowest BCUT2D eigenvalue weighted by Gasteiger charge is -2.71. The monoisotopic (exact) mass is 720 g/mol. The second-order valence-corrected chi connectivity index (χ2v) is 19.5. The molecule has 8 atom stereocenters. The number of hydrogen-bond donors (Lipinski definition) is 1. The number of allylic oxidation sites excluding steroid dienone is 2. The summed E-state index contributed by atoms with van der Waals surface area (Å²) in [6.45, 7) is 17.6. The molecule has 284 valence electrons. The fourth-order valence-corrected chi connectivity index (χ4v) is 12.8. The van der Waals surface area contributed by atoms with Gasteiger partial charge in [-0.3, -0.25) is 19.7 Å². The molecule has 4 saturated carbocycles. The highest BCUT2D eigenvalue weighted by Gasteiger charge is 2.69. The molecule has 0 saturated heterocycles. The third kappa shape index (κ3) is 6.18. The van der Waals surface area contributed by atoms with Crippen LogP contribution in [0.25, 0.3) is 6.08 Å². The number of benzene rings is 2. The van der Waals surface area contributed by atoms with Crippen LogP contribution in [0.1, 0.15) is 124 Å². The van der Waals surface area contributed by atoms with Gasteiger partial charge >= 0.3 is 5.97 Å². The summed E-state index contributed by atoms with van der Waals surface area (Å²) in [7, 11) is 0. The van der Waals surface area contributed by atoms with E-state index in [0.29, 0.717) is 18.4 Å². The van der Waals surface area contributed by atoms with Gasteiger partial charge in [-0.1, -0.05) is 90.4 Å². The maximum atomic E-state index is 14.3. The molecule has 0 aliphatic heterocycles. The van der Waals surface area contributed by atoms with E-state index in [4.69, 9.17) is 4.74 Å². The smallest absolute Gasteiger partial charge is 0.313 e. The lowest BCUT2D eigenvalue weighted by Crippen LogP contribution is -2.66. The first-order valence-corrected chi connectivity index (χ1v) is 20.1. The van der Waals surface area contributed by atoms with Gasteiger partial charge in [-0.2, -0.15) is 0 Å². The minimum absolute atomic E-state index is 0.0115. The van der Waals surface area contributed by atoms with Gasteiger partial charge in [0.1, 0.15) is 6.61 Å². The largest absolute Gasteiger partial charge is 0.460 e. The van der Waals surface area contributed by atoms with Crippen LogP contribution in [0, 0.1) is 60.4 Å².